The van der Waals surface area contributed by atoms with Gasteiger partial charge in [0, 0.05) is 5.57 Å². The molecular formula is C10H14O3. The molecule has 0 saturated heterocycles. The van der Waals surface area contributed by atoms with Crippen LogP contribution in [0.3, 0.4) is 0 Å². The summed E-state index contributed by atoms with van der Waals surface area (Å²) in [4.78, 5) is 21.3. The molecule has 0 saturated carbocycles. The number of rotatable bonds is 4. The van der Waals surface area contributed by atoms with Gasteiger partial charge < -0.3 is 5.11 Å². The van der Waals surface area contributed by atoms with Crippen LogP contribution in [0, 0.1) is 0 Å². The first-order valence-electron chi connectivity index (χ1n) is 4.00. The second-order valence-electron chi connectivity index (χ2n) is 3.06. The Kier molecular flexibility index (Phi) is 4.74. The third-order valence-corrected chi connectivity index (χ3v) is 1.41. The van der Waals surface area contributed by atoms with Gasteiger partial charge in [0.2, 0.25) is 0 Å². The minimum absolute atomic E-state index is 0.195. The van der Waals surface area contributed by atoms with Crippen LogP contribution in [0.4, 0.5) is 0 Å². The van der Waals surface area contributed by atoms with Crippen molar-refractivity contribution in [2.24, 2.45) is 0 Å². The lowest BCUT2D eigenvalue weighted by Crippen LogP contribution is -2.03. The number of hydrogen-bond acceptors (Lipinski definition) is 2. The second kappa shape index (κ2) is 5.30. The number of hydrogen-bond donors (Lipinski definition) is 1. The molecule has 0 aromatic heterocycles. The van der Waals surface area contributed by atoms with Crippen molar-refractivity contribution in [2.45, 2.75) is 27.2 Å². The van der Waals surface area contributed by atoms with Gasteiger partial charge in [0.15, 0.2) is 5.78 Å². The Morgan fingerprint density at radius 1 is 1.15 bits per heavy atom. The van der Waals surface area contributed by atoms with Gasteiger partial charge in [-0.25, -0.2) is 0 Å². The number of carbonyl (C=O) groups excluding carboxylic acids is 1. The lowest BCUT2D eigenvalue weighted by molar-refractivity contribution is -0.136. The van der Waals surface area contributed by atoms with Crippen molar-refractivity contribution >= 4 is 11.8 Å². The zero-order chi connectivity index (χ0) is 10.4. The molecule has 0 heterocycles. The topological polar surface area (TPSA) is 54.4 Å². The molecule has 0 unspecified atom stereocenters. The lowest BCUT2D eigenvalue weighted by atomic mass is 10.1. The van der Waals surface area contributed by atoms with E-state index in [0.717, 1.165) is 5.57 Å². The molecule has 0 rings (SSSR count). The van der Waals surface area contributed by atoms with Crippen LogP contribution in [-0.2, 0) is 9.59 Å². The Morgan fingerprint density at radius 2 is 1.69 bits per heavy atom. The maximum absolute atomic E-state index is 10.9. The van der Waals surface area contributed by atoms with Gasteiger partial charge in [0.05, 0.1) is 6.42 Å². The van der Waals surface area contributed by atoms with Gasteiger partial charge in [0.25, 0.3) is 0 Å². The maximum Gasteiger partial charge on any atom is 0.307 e. The van der Waals surface area contributed by atoms with Crippen molar-refractivity contribution in [1.29, 1.82) is 0 Å². The molecule has 0 aliphatic rings. The minimum Gasteiger partial charge on any atom is -0.481 e. The van der Waals surface area contributed by atoms with Gasteiger partial charge in [-0.05, 0) is 20.8 Å². The predicted octanol–water partition coefficient (Wildman–Crippen LogP) is 1.94. The Labute approximate surface area is 77.8 Å². The number of carboxylic acids is 1. The van der Waals surface area contributed by atoms with Crippen molar-refractivity contribution in [1.82, 2.24) is 0 Å². The standard InChI is InChI=1S/C10H14O3/c1-7(2)4-5-9(8(3)11)6-10(12)13/h4-5H,6H2,1-3H3,(H,12,13)/b9-5+. The highest BCUT2D eigenvalue weighted by Gasteiger charge is 2.07. The molecule has 0 amide bonds. The summed E-state index contributed by atoms with van der Waals surface area (Å²) in [6.45, 7) is 5.14. The molecule has 13 heavy (non-hydrogen) atoms. The Hall–Kier alpha value is -1.38. The normalized spacial score (nSPS) is 10.8. The van der Waals surface area contributed by atoms with Crippen LogP contribution in [0.2, 0.25) is 0 Å². The first-order valence-corrected chi connectivity index (χ1v) is 4.00. The Morgan fingerprint density at radius 3 is 2.00 bits per heavy atom. The van der Waals surface area contributed by atoms with Crippen molar-refractivity contribution in [2.75, 3.05) is 0 Å². The largest absolute Gasteiger partial charge is 0.481 e. The summed E-state index contributed by atoms with van der Waals surface area (Å²) < 4.78 is 0. The fourth-order valence-electron chi connectivity index (χ4n) is 0.731. The van der Waals surface area contributed by atoms with E-state index in [4.69, 9.17) is 5.11 Å². The molecule has 0 aliphatic heterocycles. The van der Waals surface area contributed by atoms with Crippen molar-refractivity contribution in [3.05, 3.63) is 23.3 Å². The lowest BCUT2D eigenvalue weighted by Gasteiger charge is -1.97. The highest BCUT2D eigenvalue weighted by molar-refractivity contribution is 5.97. The zero-order valence-electron chi connectivity index (χ0n) is 8.13. The van der Waals surface area contributed by atoms with E-state index in [1.807, 2.05) is 13.8 Å². The van der Waals surface area contributed by atoms with E-state index in [9.17, 15) is 9.59 Å². The molecule has 72 valence electrons. The summed E-state index contributed by atoms with van der Waals surface area (Å²) in [5, 5.41) is 8.48. The maximum atomic E-state index is 10.9. The molecule has 0 atom stereocenters. The number of Topliss-reactive ketones (excluding diaryl/α,β-unsaturated/α-hetero) is 1. The van der Waals surface area contributed by atoms with Gasteiger partial charge in [-0.15, -0.1) is 0 Å². The summed E-state index contributed by atoms with van der Waals surface area (Å²) in [6, 6.07) is 0. The van der Waals surface area contributed by atoms with E-state index < -0.39 is 5.97 Å². The Bertz CT molecular complexity index is 268. The summed E-state index contributed by atoms with van der Waals surface area (Å²) >= 11 is 0. The van der Waals surface area contributed by atoms with E-state index >= 15 is 0 Å². The summed E-state index contributed by atoms with van der Waals surface area (Å²) in [5.74, 6) is -1.18. The third-order valence-electron chi connectivity index (χ3n) is 1.41. The van der Waals surface area contributed by atoms with Gasteiger partial charge in [-0.1, -0.05) is 17.7 Å². The molecule has 0 radical (unpaired) electrons. The average Bonchev–Trinajstić information content (AvgIpc) is 1.96. The van der Waals surface area contributed by atoms with Crippen LogP contribution in [0.15, 0.2) is 23.3 Å². The number of aliphatic carboxylic acids is 1. The minimum atomic E-state index is -0.983. The summed E-state index contributed by atoms with van der Waals surface area (Å²) in [7, 11) is 0. The predicted molar refractivity (Wildman–Crippen MR) is 50.4 cm³/mol. The van der Waals surface area contributed by atoms with E-state index in [2.05, 4.69) is 0 Å². The molecular weight excluding hydrogens is 168 g/mol. The van der Waals surface area contributed by atoms with E-state index in [1.165, 1.54) is 6.92 Å². The van der Waals surface area contributed by atoms with Gasteiger partial charge in [-0.3, -0.25) is 9.59 Å². The highest BCUT2D eigenvalue weighted by atomic mass is 16.4. The van der Waals surface area contributed by atoms with Crippen LogP contribution < -0.4 is 0 Å². The fraction of sp³-hybridized carbons (Fsp3) is 0.400. The zero-order valence-corrected chi connectivity index (χ0v) is 8.13. The second-order valence-corrected chi connectivity index (χ2v) is 3.06. The fourth-order valence-corrected chi connectivity index (χ4v) is 0.731. The van der Waals surface area contributed by atoms with Crippen LogP contribution in [0.1, 0.15) is 27.2 Å². The van der Waals surface area contributed by atoms with E-state index in [1.54, 1.807) is 12.2 Å². The van der Waals surface area contributed by atoms with Crippen molar-refractivity contribution < 1.29 is 14.7 Å². The Balaban J connectivity index is 4.61. The first kappa shape index (κ1) is 11.6. The van der Waals surface area contributed by atoms with Gasteiger partial charge >= 0.3 is 5.97 Å². The molecule has 0 aromatic rings. The molecule has 0 aliphatic carbocycles. The van der Waals surface area contributed by atoms with Crippen LogP contribution in [0.25, 0.3) is 0 Å². The SMILES string of the molecule is CC(=O)/C(=C/C=C(C)C)CC(=O)O. The molecule has 1 N–H and O–H groups in total. The highest BCUT2D eigenvalue weighted by Crippen LogP contribution is 2.04. The summed E-state index contributed by atoms with van der Waals surface area (Å²) in [6.07, 6.45) is 3.09. The number of ketones is 1. The van der Waals surface area contributed by atoms with Gasteiger partial charge in [-0.2, -0.15) is 0 Å². The first-order chi connectivity index (χ1) is 5.93. The van der Waals surface area contributed by atoms with Crippen molar-refractivity contribution in [3.8, 4) is 0 Å². The molecule has 0 bridgehead atoms. The monoisotopic (exact) mass is 182 g/mol. The molecule has 0 aromatic carbocycles. The van der Waals surface area contributed by atoms with Crippen LogP contribution >= 0.6 is 0 Å². The number of carbonyl (C=O) groups is 2. The smallest absolute Gasteiger partial charge is 0.307 e. The van der Waals surface area contributed by atoms with Gasteiger partial charge in [0.1, 0.15) is 0 Å². The van der Waals surface area contributed by atoms with Crippen LogP contribution in [-0.4, -0.2) is 16.9 Å². The van der Waals surface area contributed by atoms with E-state index in [0.29, 0.717) is 5.57 Å². The number of carboxylic acid groups (broad SMARTS) is 1. The quantitative estimate of drug-likeness (QED) is 0.534. The molecule has 3 heteroatoms. The van der Waals surface area contributed by atoms with Crippen molar-refractivity contribution in [3.63, 3.8) is 0 Å². The summed E-state index contributed by atoms with van der Waals surface area (Å²) in [5.41, 5.74) is 1.36. The van der Waals surface area contributed by atoms with Crippen LogP contribution in [0.5, 0.6) is 0 Å². The molecule has 3 nitrogen and oxygen atoms in total. The van der Waals surface area contributed by atoms with E-state index in [-0.39, 0.29) is 12.2 Å². The number of allylic oxidation sites excluding steroid dienone is 3. The third kappa shape index (κ3) is 5.84. The average molecular weight is 182 g/mol. The molecule has 0 spiro atoms. The molecule has 0 fully saturated rings.